The maximum atomic E-state index is 11.9. The van der Waals surface area contributed by atoms with Crippen LogP contribution in [0.25, 0.3) is 0 Å². The van der Waals surface area contributed by atoms with Crippen molar-refractivity contribution in [3.63, 3.8) is 0 Å². The van der Waals surface area contributed by atoms with Crippen LogP contribution in [0.1, 0.15) is 27.7 Å². The summed E-state index contributed by atoms with van der Waals surface area (Å²) in [5.41, 5.74) is 0.759. The van der Waals surface area contributed by atoms with Gasteiger partial charge in [-0.1, -0.05) is 13.2 Å². The predicted octanol–water partition coefficient (Wildman–Crippen LogP) is 3.23. The Balaban J connectivity index is 6.68. The summed E-state index contributed by atoms with van der Waals surface area (Å²) in [6, 6.07) is 0. The Labute approximate surface area is 175 Å². The van der Waals surface area contributed by atoms with Gasteiger partial charge in [0.15, 0.2) is 0 Å². The topological polar surface area (TPSA) is 105 Å². The van der Waals surface area contributed by atoms with Gasteiger partial charge in [-0.2, -0.15) is 0 Å². The molecule has 0 aromatic carbocycles. The van der Waals surface area contributed by atoms with Gasteiger partial charge in [-0.05, 0) is 49.3 Å². The summed E-state index contributed by atoms with van der Waals surface area (Å²) in [7, 11) is 2.42. The fourth-order valence-electron chi connectivity index (χ4n) is 2.11. The molecule has 0 radical (unpaired) electrons. The molecule has 8 nitrogen and oxygen atoms in total. The Morgan fingerprint density at radius 3 is 1.63 bits per heavy atom. The minimum absolute atomic E-state index is 0.0241. The zero-order valence-corrected chi connectivity index (χ0v) is 18.0. The summed E-state index contributed by atoms with van der Waals surface area (Å²) >= 11 is 0. The number of ether oxygens (including phenoxy) is 4. The van der Waals surface area contributed by atoms with E-state index in [-0.39, 0.29) is 28.2 Å². The summed E-state index contributed by atoms with van der Waals surface area (Å²) in [4.78, 5) is 46.1. The smallest absolute Gasteiger partial charge is 0.337 e. The Bertz CT molecular complexity index is 866. The molecule has 0 bridgehead atoms. The molecule has 0 aromatic heterocycles. The van der Waals surface area contributed by atoms with Gasteiger partial charge in [-0.3, -0.25) is 9.59 Å². The first kappa shape index (κ1) is 26.3. The standard InChI is InChI=1S/C22H26O8/c1-13(21(25)27-7)9-19(10-14(2)22(26)28-8)20(11-15(3)29-17(5)23)12-16(4)30-18(6)24/h9-12H,1,3H2,2,4-8H3/b14-10+,16-12+,19-9+,20-11?. The Morgan fingerprint density at radius 2 is 1.17 bits per heavy atom. The van der Waals surface area contributed by atoms with Gasteiger partial charge in [0.25, 0.3) is 0 Å². The molecule has 0 aliphatic rings. The molecule has 0 heterocycles. The van der Waals surface area contributed by atoms with Crippen molar-refractivity contribution in [3.05, 3.63) is 71.3 Å². The van der Waals surface area contributed by atoms with E-state index in [0.29, 0.717) is 5.57 Å². The summed E-state index contributed by atoms with van der Waals surface area (Å²) < 4.78 is 19.3. The number of carbonyl (C=O) groups is 4. The maximum Gasteiger partial charge on any atom is 0.337 e. The molecular weight excluding hydrogens is 392 g/mol. The van der Waals surface area contributed by atoms with Gasteiger partial charge >= 0.3 is 23.9 Å². The van der Waals surface area contributed by atoms with Gasteiger partial charge in [0, 0.05) is 19.4 Å². The fourth-order valence-corrected chi connectivity index (χ4v) is 2.11. The second-order valence-electron chi connectivity index (χ2n) is 5.94. The summed E-state index contributed by atoms with van der Waals surface area (Å²) in [6.07, 6.45) is 5.58. The number of methoxy groups -OCH3 is 2. The van der Waals surface area contributed by atoms with Crippen LogP contribution in [0.4, 0.5) is 0 Å². The Hall–Kier alpha value is -3.68. The highest BCUT2D eigenvalue weighted by Crippen LogP contribution is 2.22. The van der Waals surface area contributed by atoms with Gasteiger partial charge < -0.3 is 18.9 Å². The van der Waals surface area contributed by atoms with Gasteiger partial charge in [-0.25, -0.2) is 9.59 Å². The Kier molecular flexibility index (Phi) is 11.2. The third-order valence-corrected chi connectivity index (χ3v) is 3.24. The molecule has 0 rings (SSSR count). The number of carbonyl (C=O) groups excluding carboxylic acids is 4. The summed E-state index contributed by atoms with van der Waals surface area (Å²) in [5, 5.41) is 0. The molecule has 8 heteroatoms. The molecule has 0 amide bonds. The lowest BCUT2D eigenvalue weighted by atomic mass is 9.99. The Morgan fingerprint density at radius 1 is 0.667 bits per heavy atom. The average Bonchev–Trinajstić information content (AvgIpc) is 2.63. The van der Waals surface area contributed by atoms with Gasteiger partial charge in [-0.15, -0.1) is 0 Å². The van der Waals surface area contributed by atoms with E-state index in [4.69, 9.17) is 14.2 Å². The summed E-state index contributed by atoms with van der Waals surface area (Å²) in [6.45, 7) is 12.7. The van der Waals surface area contributed by atoms with Crippen LogP contribution in [0.15, 0.2) is 71.3 Å². The molecule has 0 spiro atoms. The van der Waals surface area contributed by atoms with Crippen LogP contribution in [-0.2, 0) is 38.1 Å². The zero-order valence-electron chi connectivity index (χ0n) is 18.0. The lowest BCUT2D eigenvalue weighted by molar-refractivity contribution is -0.137. The molecule has 0 saturated heterocycles. The first-order valence-electron chi connectivity index (χ1n) is 8.62. The zero-order chi connectivity index (χ0) is 23.4. The molecule has 0 fully saturated rings. The van der Waals surface area contributed by atoms with Crippen LogP contribution in [0, 0.1) is 0 Å². The molecule has 0 atom stereocenters. The number of hydrogen-bond acceptors (Lipinski definition) is 8. The van der Waals surface area contributed by atoms with Crippen molar-refractivity contribution in [2.45, 2.75) is 27.7 Å². The number of hydrogen-bond donors (Lipinski definition) is 0. The summed E-state index contributed by atoms with van der Waals surface area (Å²) in [5.74, 6) is -2.28. The first-order chi connectivity index (χ1) is 13.9. The molecule has 0 saturated carbocycles. The highest BCUT2D eigenvalue weighted by Gasteiger charge is 2.12. The highest BCUT2D eigenvalue weighted by atomic mass is 16.5. The molecule has 30 heavy (non-hydrogen) atoms. The third kappa shape index (κ3) is 10.0. The van der Waals surface area contributed by atoms with Crippen molar-refractivity contribution in [1.29, 1.82) is 0 Å². The van der Waals surface area contributed by atoms with Crippen LogP contribution in [-0.4, -0.2) is 38.1 Å². The molecule has 0 N–H and O–H groups in total. The number of allylic oxidation sites excluding steroid dienone is 6. The average molecular weight is 418 g/mol. The van der Waals surface area contributed by atoms with Gasteiger partial charge in [0.2, 0.25) is 0 Å². The molecule has 0 aliphatic heterocycles. The van der Waals surface area contributed by atoms with Gasteiger partial charge in [0.05, 0.1) is 19.8 Å². The van der Waals surface area contributed by atoms with E-state index in [9.17, 15) is 19.2 Å². The second-order valence-corrected chi connectivity index (χ2v) is 5.94. The van der Waals surface area contributed by atoms with E-state index in [1.54, 1.807) is 0 Å². The van der Waals surface area contributed by atoms with Crippen molar-refractivity contribution in [1.82, 2.24) is 0 Å². The van der Waals surface area contributed by atoms with Crippen LogP contribution in [0.5, 0.6) is 0 Å². The van der Waals surface area contributed by atoms with Crippen molar-refractivity contribution in [2.75, 3.05) is 14.2 Å². The SMILES string of the molecule is C=C(C=C(/C=C(\C)OC(C)=O)C(/C=C(\C)C(=O)OC)=C/C(=C)C(=O)OC)OC(C)=O. The highest BCUT2D eigenvalue weighted by molar-refractivity contribution is 5.92. The lowest BCUT2D eigenvalue weighted by Crippen LogP contribution is -2.05. The largest absolute Gasteiger partial charge is 0.466 e. The van der Waals surface area contributed by atoms with Crippen molar-refractivity contribution in [2.24, 2.45) is 0 Å². The third-order valence-electron chi connectivity index (χ3n) is 3.24. The second kappa shape index (κ2) is 12.7. The van der Waals surface area contributed by atoms with Gasteiger partial charge in [0.1, 0.15) is 11.5 Å². The minimum atomic E-state index is -0.699. The van der Waals surface area contributed by atoms with Crippen LogP contribution in [0.3, 0.4) is 0 Å². The van der Waals surface area contributed by atoms with Crippen molar-refractivity contribution < 1.29 is 38.1 Å². The van der Waals surface area contributed by atoms with E-state index >= 15 is 0 Å². The fraction of sp³-hybridized carbons (Fsp3) is 0.273. The van der Waals surface area contributed by atoms with E-state index < -0.39 is 23.9 Å². The lowest BCUT2D eigenvalue weighted by Gasteiger charge is -2.11. The van der Waals surface area contributed by atoms with Crippen LogP contribution >= 0.6 is 0 Å². The van der Waals surface area contributed by atoms with Crippen LogP contribution in [0.2, 0.25) is 0 Å². The molecular formula is C22H26O8. The molecule has 162 valence electrons. The number of esters is 4. The number of rotatable bonds is 9. The van der Waals surface area contributed by atoms with E-state index in [2.05, 4.69) is 17.9 Å². The molecule has 0 aromatic rings. The first-order valence-corrected chi connectivity index (χ1v) is 8.62. The van der Waals surface area contributed by atoms with Crippen molar-refractivity contribution in [3.8, 4) is 0 Å². The molecule has 0 aliphatic carbocycles. The van der Waals surface area contributed by atoms with Crippen molar-refractivity contribution >= 4 is 23.9 Å². The van der Waals surface area contributed by atoms with Crippen LogP contribution < -0.4 is 0 Å². The minimum Gasteiger partial charge on any atom is -0.466 e. The quantitative estimate of drug-likeness (QED) is 0.185. The van der Waals surface area contributed by atoms with E-state index in [0.717, 1.165) is 0 Å². The van der Waals surface area contributed by atoms with E-state index in [1.165, 1.54) is 66.2 Å². The normalized spacial score (nSPS) is 12.6. The maximum absolute atomic E-state index is 11.9. The monoisotopic (exact) mass is 418 g/mol. The van der Waals surface area contributed by atoms with E-state index in [1.807, 2.05) is 0 Å². The molecule has 0 unspecified atom stereocenters. The predicted molar refractivity (Wildman–Crippen MR) is 110 cm³/mol.